The van der Waals surface area contributed by atoms with Crippen molar-refractivity contribution in [2.75, 3.05) is 6.61 Å². The van der Waals surface area contributed by atoms with Crippen LogP contribution in [0.25, 0.3) is 0 Å². The van der Waals surface area contributed by atoms with Crippen molar-refractivity contribution in [3.63, 3.8) is 0 Å². The lowest BCUT2D eigenvalue weighted by Crippen LogP contribution is -2.37. The van der Waals surface area contributed by atoms with Crippen LogP contribution in [0.2, 0.25) is 0 Å². The fraction of sp³-hybridized carbons (Fsp3) is 0.600. The van der Waals surface area contributed by atoms with Gasteiger partial charge in [0.15, 0.2) is 5.41 Å². The highest BCUT2D eigenvalue weighted by Crippen LogP contribution is 2.25. The summed E-state index contributed by atoms with van der Waals surface area (Å²) < 4.78 is 4.71. The molecule has 5 heteroatoms. The first-order valence-electron chi connectivity index (χ1n) is 4.57. The van der Waals surface area contributed by atoms with E-state index in [0.717, 1.165) is 0 Å². The number of aliphatic carboxylic acids is 1. The van der Waals surface area contributed by atoms with Gasteiger partial charge in [-0.1, -0.05) is 17.7 Å². The van der Waals surface area contributed by atoms with Gasteiger partial charge in [-0.25, -0.2) is 0 Å². The van der Waals surface area contributed by atoms with Crippen molar-refractivity contribution in [1.82, 2.24) is 0 Å². The first-order valence-corrected chi connectivity index (χ1v) is 4.95. The number of ether oxygens (including phenoxy) is 1. The molecule has 1 unspecified atom stereocenters. The molecule has 0 heterocycles. The highest BCUT2D eigenvalue weighted by molar-refractivity contribution is 6.29. The molecule has 0 aromatic carbocycles. The quantitative estimate of drug-likeness (QED) is 0.585. The second kappa shape index (κ2) is 5.75. The molecule has 0 bridgehead atoms. The molecule has 0 saturated heterocycles. The summed E-state index contributed by atoms with van der Waals surface area (Å²) in [6.07, 6.45) is 1.52. The summed E-state index contributed by atoms with van der Waals surface area (Å²) >= 11 is 5.59. The maximum absolute atomic E-state index is 11.4. The molecule has 1 N–H and O–H groups in total. The van der Waals surface area contributed by atoms with Gasteiger partial charge in [0.25, 0.3) is 0 Å². The van der Waals surface area contributed by atoms with Crippen LogP contribution in [0.3, 0.4) is 0 Å². The van der Waals surface area contributed by atoms with Gasteiger partial charge in [0, 0.05) is 5.03 Å². The van der Waals surface area contributed by atoms with Gasteiger partial charge >= 0.3 is 11.9 Å². The van der Waals surface area contributed by atoms with E-state index in [9.17, 15) is 9.59 Å². The standard InChI is InChI=1S/C10H15ClO4/c1-4-15-9(14)10(3,8(12)13)6-5-7(2)11/h5H,4,6H2,1-3H3,(H,12,13). The van der Waals surface area contributed by atoms with Crippen LogP contribution in [0.15, 0.2) is 11.1 Å². The Hall–Kier alpha value is -1.03. The van der Waals surface area contributed by atoms with Gasteiger partial charge in [0.05, 0.1) is 6.61 Å². The molecule has 0 fully saturated rings. The summed E-state index contributed by atoms with van der Waals surface area (Å²) in [5.74, 6) is -1.96. The predicted molar refractivity (Wildman–Crippen MR) is 56.6 cm³/mol. The summed E-state index contributed by atoms with van der Waals surface area (Å²) in [5.41, 5.74) is -1.56. The van der Waals surface area contributed by atoms with Gasteiger partial charge in [-0.2, -0.15) is 0 Å². The Balaban J connectivity index is 4.82. The molecule has 0 aromatic rings. The number of carbonyl (C=O) groups is 2. The van der Waals surface area contributed by atoms with Gasteiger partial charge in [0.1, 0.15) is 0 Å². The lowest BCUT2D eigenvalue weighted by atomic mass is 9.87. The van der Waals surface area contributed by atoms with E-state index in [-0.39, 0.29) is 13.0 Å². The normalized spacial score (nSPS) is 15.6. The SMILES string of the molecule is CCOC(=O)C(C)(CC=C(C)Cl)C(=O)O. The first kappa shape index (κ1) is 14.0. The van der Waals surface area contributed by atoms with Gasteiger partial charge in [-0.15, -0.1) is 0 Å². The van der Waals surface area contributed by atoms with Crippen molar-refractivity contribution < 1.29 is 19.4 Å². The van der Waals surface area contributed by atoms with Crippen molar-refractivity contribution in [2.45, 2.75) is 27.2 Å². The highest BCUT2D eigenvalue weighted by atomic mass is 35.5. The van der Waals surface area contributed by atoms with Crippen LogP contribution in [0.5, 0.6) is 0 Å². The Labute approximate surface area is 93.9 Å². The summed E-state index contributed by atoms with van der Waals surface area (Å²) in [6.45, 7) is 4.73. The molecular formula is C10H15ClO4. The monoisotopic (exact) mass is 234 g/mol. The average molecular weight is 235 g/mol. The maximum atomic E-state index is 11.4. The third-order valence-electron chi connectivity index (χ3n) is 1.99. The van der Waals surface area contributed by atoms with E-state index in [0.29, 0.717) is 5.03 Å². The smallest absolute Gasteiger partial charge is 0.323 e. The molecule has 86 valence electrons. The van der Waals surface area contributed by atoms with Crippen LogP contribution in [-0.4, -0.2) is 23.7 Å². The molecule has 0 saturated carbocycles. The number of esters is 1. The topological polar surface area (TPSA) is 63.6 Å². The number of carboxylic acid groups (broad SMARTS) is 1. The van der Waals surface area contributed by atoms with Gasteiger partial charge in [-0.05, 0) is 27.2 Å². The van der Waals surface area contributed by atoms with Crippen LogP contribution < -0.4 is 0 Å². The molecule has 0 rings (SSSR count). The first-order chi connectivity index (χ1) is 6.84. The van der Waals surface area contributed by atoms with E-state index in [1.807, 2.05) is 0 Å². The number of halogens is 1. The Morgan fingerprint density at radius 2 is 2.07 bits per heavy atom. The lowest BCUT2D eigenvalue weighted by Gasteiger charge is -2.20. The predicted octanol–water partition coefficient (Wildman–Crippen LogP) is 2.17. The zero-order chi connectivity index (χ0) is 12.1. The molecule has 1 atom stereocenters. The van der Waals surface area contributed by atoms with Crippen molar-refractivity contribution >= 4 is 23.5 Å². The van der Waals surface area contributed by atoms with Crippen molar-refractivity contribution in [3.05, 3.63) is 11.1 Å². The fourth-order valence-corrected chi connectivity index (χ4v) is 0.970. The van der Waals surface area contributed by atoms with Crippen molar-refractivity contribution in [2.24, 2.45) is 5.41 Å². The second-order valence-corrected chi connectivity index (χ2v) is 3.95. The van der Waals surface area contributed by atoms with Crippen LogP contribution in [0.1, 0.15) is 27.2 Å². The van der Waals surface area contributed by atoms with Crippen molar-refractivity contribution in [3.8, 4) is 0 Å². The molecule has 0 aliphatic carbocycles. The molecule has 4 nitrogen and oxygen atoms in total. The largest absolute Gasteiger partial charge is 0.480 e. The van der Waals surface area contributed by atoms with E-state index in [1.165, 1.54) is 13.0 Å². The number of rotatable bonds is 5. The molecule has 0 amide bonds. The summed E-state index contributed by atoms with van der Waals surface area (Å²) in [6, 6.07) is 0. The number of allylic oxidation sites excluding steroid dienone is 2. The molecule has 0 aliphatic heterocycles. The molecule has 15 heavy (non-hydrogen) atoms. The van der Waals surface area contributed by atoms with Gasteiger partial charge in [0.2, 0.25) is 0 Å². The number of carboxylic acids is 1. The van der Waals surface area contributed by atoms with Crippen LogP contribution in [-0.2, 0) is 14.3 Å². The second-order valence-electron chi connectivity index (χ2n) is 3.35. The average Bonchev–Trinajstić information content (AvgIpc) is 2.14. The minimum absolute atomic E-state index is 0.0243. The van der Waals surface area contributed by atoms with E-state index >= 15 is 0 Å². The Kier molecular flexibility index (Phi) is 5.36. The number of hydrogen-bond donors (Lipinski definition) is 1. The molecular weight excluding hydrogens is 220 g/mol. The minimum atomic E-state index is -1.56. The Morgan fingerprint density at radius 3 is 2.40 bits per heavy atom. The lowest BCUT2D eigenvalue weighted by molar-refractivity contribution is -0.166. The minimum Gasteiger partial charge on any atom is -0.480 e. The van der Waals surface area contributed by atoms with E-state index in [2.05, 4.69) is 0 Å². The van der Waals surface area contributed by atoms with Gasteiger partial charge in [-0.3, -0.25) is 9.59 Å². The van der Waals surface area contributed by atoms with Crippen LogP contribution >= 0.6 is 11.6 Å². The Morgan fingerprint density at radius 1 is 1.53 bits per heavy atom. The van der Waals surface area contributed by atoms with Crippen LogP contribution in [0.4, 0.5) is 0 Å². The van der Waals surface area contributed by atoms with Crippen LogP contribution in [0, 0.1) is 5.41 Å². The molecule has 0 radical (unpaired) electrons. The zero-order valence-corrected chi connectivity index (χ0v) is 9.80. The molecule has 0 aliphatic rings. The highest BCUT2D eigenvalue weighted by Gasteiger charge is 2.41. The Bertz CT molecular complexity index is 281. The summed E-state index contributed by atoms with van der Waals surface area (Å²) in [5, 5.41) is 9.42. The van der Waals surface area contributed by atoms with E-state index in [1.54, 1.807) is 13.8 Å². The van der Waals surface area contributed by atoms with Gasteiger partial charge < -0.3 is 9.84 Å². The maximum Gasteiger partial charge on any atom is 0.323 e. The fourth-order valence-electron chi connectivity index (χ4n) is 0.893. The third kappa shape index (κ3) is 3.91. The third-order valence-corrected chi connectivity index (χ3v) is 2.14. The summed E-state index contributed by atoms with van der Waals surface area (Å²) in [7, 11) is 0. The number of hydrogen-bond acceptors (Lipinski definition) is 3. The summed E-state index contributed by atoms with van der Waals surface area (Å²) in [4.78, 5) is 22.4. The molecule has 0 aromatic heterocycles. The zero-order valence-electron chi connectivity index (χ0n) is 9.04. The van der Waals surface area contributed by atoms with Crippen molar-refractivity contribution in [1.29, 1.82) is 0 Å². The molecule has 0 spiro atoms. The number of carbonyl (C=O) groups excluding carboxylic acids is 1. The van der Waals surface area contributed by atoms with E-state index < -0.39 is 17.4 Å². The van der Waals surface area contributed by atoms with E-state index in [4.69, 9.17) is 21.4 Å².